The van der Waals surface area contributed by atoms with Gasteiger partial charge in [-0.15, -0.1) is 0 Å². The summed E-state index contributed by atoms with van der Waals surface area (Å²) in [6.07, 6.45) is 2.73. The van der Waals surface area contributed by atoms with Crippen molar-refractivity contribution in [2.24, 2.45) is 11.8 Å². The predicted octanol–water partition coefficient (Wildman–Crippen LogP) is 4.45. The highest BCUT2D eigenvalue weighted by Crippen LogP contribution is 2.45. The van der Waals surface area contributed by atoms with Gasteiger partial charge >= 0.3 is 5.97 Å². The highest BCUT2D eigenvalue weighted by atomic mass is 35.5. The molecule has 2 aromatic carbocycles. The fourth-order valence-corrected chi connectivity index (χ4v) is 5.95. The summed E-state index contributed by atoms with van der Waals surface area (Å²) in [5.41, 5.74) is 1.75. The highest BCUT2D eigenvalue weighted by Gasteiger charge is 2.47. The van der Waals surface area contributed by atoms with Gasteiger partial charge < -0.3 is 30.2 Å². The number of ether oxygens (including phenoxy) is 3. The summed E-state index contributed by atoms with van der Waals surface area (Å²) in [5, 5.41) is 8.80. The van der Waals surface area contributed by atoms with Gasteiger partial charge in [-0.05, 0) is 48.6 Å². The van der Waals surface area contributed by atoms with Gasteiger partial charge in [0.05, 0.1) is 18.2 Å². The Morgan fingerprint density at radius 3 is 2.39 bits per heavy atom. The van der Waals surface area contributed by atoms with Crippen LogP contribution in [-0.2, 0) is 35.1 Å². The van der Waals surface area contributed by atoms with Crippen molar-refractivity contribution in [2.45, 2.75) is 89.8 Å². The van der Waals surface area contributed by atoms with Gasteiger partial charge in [0, 0.05) is 31.2 Å². The lowest BCUT2D eigenvalue weighted by atomic mass is 9.93. The first-order chi connectivity index (χ1) is 21.9. The number of cyclic esters (lactones) is 1. The highest BCUT2D eigenvalue weighted by molar-refractivity contribution is 6.32. The number of methoxy groups -OCH3 is 1. The van der Waals surface area contributed by atoms with Gasteiger partial charge in [-0.3, -0.25) is 14.4 Å². The largest absolute Gasteiger partial charge is 0.495 e. The van der Waals surface area contributed by atoms with Crippen molar-refractivity contribution in [1.82, 2.24) is 16.0 Å². The fraction of sp³-hybridized carbons (Fsp3) is 0.486. The summed E-state index contributed by atoms with van der Waals surface area (Å²) in [7, 11) is 1.51. The lowest BCUT2D eigenvalue weighted by Crippen LogP contribution is -2.51. The number of rotatable bonds is 8. The van der Waals surface area contributed by atoms with Crippen molar-refractivity contribution in [3.05, 3.63) is 76.8 Å². The second kappa shape index (κ2) is 16.1. The van der Waals surface area contributed by atoms with Gasteiger partial charge in [0.2, 0.25) is 17.7 Å². The maximum Gasteiger partial charge on any atom is 0.328 e. The molecule has 0 aromatic heterocycles. The Hall–Kier alpha value is -3.89. The summed E-state index contributed by atoms with van der Waals surface area (Å²) >= 11 is 6.31. The van der Waals surface area contributed by atoms with Crippen LogP contribution in [0.25, 0.3) is 0 Å². The zero-order chi connectivity index (χ0) is 33.4. The minimum Gasteiger partial charge on any atom is -0.495 e. The summed E-state index contributed by atoms with van der Waals surface area (Å²) in [5.74, 6) is -1.51. The molecular formula is C35H44ClN3O7. The SMILES string of the molecule is COc1ccc(C[C@H]2NC(=O)/C=C/C[C@@H]([C@H](C)[C@H]3O[C@@H]3c3ccccc3)OC(=O)[C@H](CC(C)C)NC(=O)C[C@@H](C)NC2=O)cc1Cl. The van der Waals surface area contributed by atoms with Crippen molar-refractivity contribution in [2.75, 3.05) is 7.11 Å². The number of halogens is 1. The number of benzene rings is 2. The number of amides is 3. The van der Waals surface area contributed by atoms with E-state index in [0.29, 0.717) is 22.8 Å². The first kappa shape index (κ1) is 35.0. The average molecular weight is 654 g/mol. The number of epoxide rings is 1. The van der Waals surface area contributed by atoms with Crippen molar-refractivity contribution in [3.63, 3.8) is 0 Å². The van der Waals surface area contributed by atoms with E-state index < -0.39 is 47.9 Å². The molecule has 1 saturated heterocycles. The van der Waals surface area contributed by atoms with E-state index >= 15 is 0 Å². The Balaban J connectivity index is 1.58. The van der Waals surface area contributed by atoms with Gasteiger partial charge in [-0.25, -0.2) is 4.79 Å². The quantitative estimate of drug-likeness (QED) is 0.283. The van der Waals surface area contributed by atoms with Crippen LogP contribution < -0.4 is 20.7 Å². The van der Waals surface area contributed by atoms with E-state index in [1.165, 1.54) is 13.2 Å². The number of carbonyl (C=O) groups is 4. The normalized spacial score (nSPS) is 27.5. The van der Waals surface area contributed by atoms with Crippen LogP contribution >= 0.6 is 11.6 Å². The molecule has 0 saturated carbocycles. The van der Waals surface area contributed by atoms with Crippen molar-refractivity contribution < 1.29 is 33.4 Å². The van der Waals surface area contributed by atoms with E-state index in [4.69, 9.17) is 25.8 Å². The molecule has 2 aromatic rings. The monoisotopic (exact) mass is 653 g/mol. The average Bonchev–Trinajstić information content (AvgIpc) is 3.80. The zero-order valence-electron chi connectivity index (χ0n) is 27.0. The molecule has 0 spiro atoms. The summed E-state index contributed by atoms with van der Waals surface area (Å²) < 4.78 is 17.3. The van der Waals surface area contributed by atoms with Gasteiger partial charge in [-0.2, -0.15) is 0 Å². The molecule has 2 aliphatic rings. The second-order valence-corrected chi connectivity index (χ2v) is 12.9. The Kier molecular flexibility index (Phi) is 12.2. The zero-order valence-corrected chi connectivity index (χ0v) is 27.7. The van der Waals surface area contributed by atoms with Crippen LogP contribution in [0.2, 0.25) is 5.02 Å². The van der Waals surface area contributed by atoms with E-state index in [-0.39, 0.29) is 43.3 Å². The molecule has 46 heavy (non-hydrogen) atoms. The molecule has 11 heteroatoms. The smallest absolute Gasteiger partial charge is 0.328 e. The molecular weight excluding hydrogens is 610 g/mol. The van der Waals surface area contributed by atoms with E-state index in [1.54, 1.807) is 31.2 Å². The number of hydrogen-bond donors (Lipinski definition) is 3. The minimum absolute atomic E-state index is 0.0724. The molecule has 4 rings (SSSR count). The number of carbonyl (C=O) groups excluding carboxylic acids is 4. The third-order valence-electron chi connectivity index (χ3n) is 8.16. The summed E-state index contributed by atoms with van der Waals surface area (Å²) in [6.45, 7) is 7.56. The van der Waals surface area contributed by atoms with Crippen LogP contribution in [-0.4, -0.2) is 61.1 Å². The molecule has 10 nitrogen and oxygen atoms in total. The first-order valence-electron chi connectivity index (χ1n) is 15.7. The van der Waals surface area contributed by atoms with E-state index in [2.05, 4.69) is 16.0 Å². The predicted molar refractivity (Wildman–Crippen MR) is 174 cm³/mol. The van der Waals surface area contributed by atoms with Crippen LogP contribution in [0, 0.1) is 11.8 Å². The lowest BCUT2D eigenvalue weighted by molar-refractivity contribution is -0.156. The molecule has 0 aliphatic carbocycles. The minimum atomic E-state index is -0.951. The van der Waals surface area contributed by atoms with E-state index in [0.717, 1.165) is 5.56 Å². The van der Waals surface area contributed by atoms with Crippen LogP contribution in [0.4, 0.5) is 0 Å². The third-order valence-corrected chi connectivity index (χ3v) is 8.45. The maximum absolute atomic E-state index is 13.5. The van der Waals surface area contributed by atoms with Crippen molar-refractivity contribution in [3.8, 4) is 5.75 Å². The molecule has 3 amide bonds. The molecule has 7 atom stereocenters. The van der Waals surface area contributed by atoms with Crippen molar-refractivity contribution >= 4 is 35.3 Å². The van der Waals surface area contributed by atoms with Crippen LogP contribution in [0.3, 0.4) is 0 Å². The maximum atomic E-state index is 13.5. The standard InChI is InChI=1S/C35H44ClN3O7/c1-20(2)16-27-35(43)45-28(22(4)32-33(46-32)24-10-7-6-8-11-24)12-9-13-30(40)38-26(34(42)37-21(3)17-31(41)39-27)19-23-14-15-29(44-5)25(36)18-23/h6-11,13-15,18,20-22,26-28,32-33H,12,16-17,19H2,1-5H3,(H,37,42)(H,38,40)(H,39,41)/b13-9+/t21-,22+,26-,27+,28+,32-,33-/m1/s1. The van der Waals surface area contributed by atoms with Crippen molar-refractivity contribution in [1.29, 1.82) is 0 Å². The summed E-state index contributed by atoms with van der Waals surface area (Å²) in [4.78, 5) is 53.1. The van der Waals surface area contributed by atoms with Crippen LogP contribution in [0.1, 0.15) is 64.2 Å². The fourth-order valence-electron chi connectivity index (χ4n) is 5.67. The molecule has 248 valence electrons. The molecule has 1 fully saturated rings. The molecule has 2 aliphatic heterocycles. The Bertz CT molecular complexity index is 1420. The Morgan fingerprint density at radius 1 is 0.978 bits per heavy atom. The number of nitrogens with one attached hydrogen (secondary N) is 3. The molecule has 0 unspecified atom stereocenters. The topological polar surface area (TPSA) is 135 Å². The third kappa shape index (κ3) is 9.80. The van der Waals surface area contributed by atoms with E-state index in [9.17, 15) is 19.2 Å². The van der Waals surface area contributed by atoms with Crippen LogP contribution in [0.15, 0.2) is 60.7 Å². The number of esters is 1. The Labute approximate surface area is 275 Å². The van der Waals surface area contributed by atoms with Gasteiger partial charge in [0.25, 0.3) is 0 Å². The van der Waals surface area contributed by atoms with Gasteiger partial charge in [0.1, 0.15) is 30.0 Å². The molecule has 0 radical (unpaired) electrons. The molecule has 2 heterocycles. The molecule has 3 N–H and O–H groups in total. The molecule has 0 bridgehead atoms. The van der Waals surface area contributed by atoms with Gasteiger partial charge in [-0.1, -0.05) is 74.8 Å². The summed E-state index contributed by atoms with van der Waals surface area (Å²) in [6, 6.07) is 12.6. The first-order valence-corrected chi connectivity index (χ1v) is 16.1. The van der Waals surface area contributed by atoms with E-state index in [1.807, 2.05) is 51.1 Å². The van der Waals surface area contributed by atoms with Gasteiger partial charge in [0.15, 0.2) is 0 Å². The number of hydrogen-bond acceptors (Lipinski definition) is 7. The lowest BCUT2D eigenvalue weighted by Gasteiger charge is -2.27. The Morgan fingerprint density at radius 2 is 1.72 bits per heavy atom. The van der Waals surface area contributed by atoms with Crippen LogP contribution in [0.5, 0.6) is 5.75 Å². The second-order valence-electron chi connectivity index (χ2n) is 12.5.